The van der Waals surface area contributed by atoms with Crippen LogP contribution in [0.25, 0.3) is 33.5 Å². The van der Waals surface area contributed by atoms with E-state index in [2.05, 4.69) is 4.98 Å². The number of hydrogen-bond acceptors (Lipinski definition) is 7. The van der Waals surface area contributed by atoms with Gasteiger partial charge in [-0.05, 0) is 29.8 Å². The first-order chi connectivity index (χ1) is 17.0. The number of aromatic nitrogens is 2. The van der Waals surface area contributed by atoms with Crippen molar-refractivity contribution in [3.63, 3.8) is 0 Å². The third-order valence-corrected chi connectivity index (χ3v) is 5.81. The molecule has 0 fully saturated rings. The summed E-state index contributed by atoms with van der Waals surface area (Å²) in [6, 6.07) is 19.7. The summed E-state index contributed by atoms with van der Waals surface area (Å²) >= 11 is 0. The first-order valence-electron chi connectivity index (χ1n) is 10.9. The van der Waals surface area contributed by atoms with Crippen LogP contribution in [0.15, 0.2) is 80.7 Å². The summed E-state index contributed by atoms with van der Waals surface area (Å²) in [7, 11) is 4.54. The van der Waals surface area contributed by atoms with Crippen LogP contribution in [0.1, 0.15) is 5.56 Å². The Labute approximate surface area is 199 Å². The summed E-state index contributed by atoms with van der Waals surface area (Å²) in [4.78, 5) is 31.7. The molecule has 0 atom stereocenters. The Morgan fingerprint density at radius 1 is 0.857 bits per heavy atom. The molecule has 35 heavy (non-hydrogen) atoms. The van der Waals surface area contributed by atoms with Gasteiger partial charge in [0, 0.05) is 5.56 Å². The molecule has 176 valence electrons. The van der Waals surface area contributed by atoms with Crippen molar-refractivity contribution >= 4 is 22.1 Å². The number of methoxy groups -OCH3 is 3. The minimum absolute atomic E-state index is 0.0354. The molecule has 0 unspecified atom stereocenters. The molecular weight excluding hydrogens is 448 g/mol. The molecule has 0 saturated carbocycles. The molecule has 0 aliphatic heterocycles. The smallest absolute Gasteiger partial charge is 0.269 e. The summed E-state index contributed by atoms with van der Waals surface area (Å²) in [6.45, 7) is 0.195. The van der Waals surface area contributed by atoms with Crippen molar-refractivity contribution in [2.24, 2.45) is 0 Å². The summed E-state index contributed by atoms with van der Waals surface area (Å²) in [5, 5.41) is 0.224. The van der Waals surface area contributed by atoms with Crippen LogP contribution < -0.4 is 25.2 Å². The molecular formula is C27H22N2O6. The molecule has 8 heteroatoms. The molecule has 3 aromatic carbocycles. The third-order valence-electron chi connectivity index (χ3n) is 5.81. The average molecular weight is 470 g/mol. The normalized spacial score (nSPS) is 11.1. The van der Waals surface area contributed by atoms with Crippen LogP contribution >= 0.6 is 0 Å². The van der Waals surface area contributed by atoms with Crippen LogP contribution in [-0.4, -0.2) is 30.9 Å². The van der Waals surface area contributed by atoms with E-state index >= 15 is 0 Å². The van der Waals surface area contributed by atoms with Gasteiger partial charge >= 0.3 is 0 Å². The lowest BCUT2D eigenvalue weighted by molar-refractivity contribution is 0.324. The molecule has 0 aliphatic rings. The molecule has 0 amide bonds. The Morgan fingerprint density at radius 2 is 1.51 bits per heavy atom. The van der Waals surface area contributed by atoms with Crippen LogP contribution in [0, 0.1) is 0 Å². The average Bonchev–Trinajstić information content (AvgIpc) is 2.89. The van der Waals surface area contributed by atoms with Crippen molar-refractivity contribution in [1.29, 1.82) is 0 Å². The van der Waals surface area contributed by atoms with Gasteiger partial charge in [0.1, 0.15) is 11.4 Å². The molecule has 8 nitrogen and oxygen atoms in total. The Bertz CT molecular complexity index is 1650. The predicted molar refractivity (Wildman–Crippen MR) is 133 cm³/mol. The van der Waals surface area contributed by atoms with E-state index in [0.717, 1.165) is 5.56 Å². The maximum Gasteiger partial charge on any atom is 0.269 e. The Balaban J connectivity index is 1.87. The minimum atomic E-state index is -0.498. The quantitative estimate of drug-likeness (QED) is 0.343. The number of rotatable bonds is 6. The van der Waals surface area contributed by atoms with E-state index in [-0.39, 0.29) is 17.6 Å². The predicted octanol–water partition coefficient (Wildman–Crippen LogP) is 4.24. The number of para-hydroxylation sites is 1. The van der Waals surface area contributed by atoms with E-state index in [1.807, 2.05) is 30.3 Å². The summed E-state index contributed by atoms with van der Waals surface area (Å²) in [5.74, 6) is 1.52. The largest absolute Gasteiger partial charge is 0.493 e. The zero-order chi connectivity index (χ0) is 24.5. The number of ether oxygens (including phenoxy) is 3. The standard InChI is InChI=1S/C27H22N2O6/c1-32-20-13-17(14-21(33-2)24(20)34-3)25-28-26-22(23(30)18-11-7-8-12-19(18)35-26)27(31)29(25)15-16-9-5-4-6-10-16/h4-14H,15H2,1-3H3. The molecule has 2 aromatic heterocycles. The van der Waals surface area contributed by atoms with Gasteiger partial charge in [-0.3, -0.25) is 14.2 Å². The van der Waals surface area contributed by atoms with Gasteiger partial charge in [-0.1, -0.05) is 42.5 Å². The van der Waals surface area contributed by atoms with Crippen molar-refractivity contribution in [2.75, 3.05) is 21.3 Å². The Kier molecular flexibility index (Phi) is 5.70. The van der Waals surface area contributed by atoms with Crippen molar-refractivity contribution in [3.05, 3.63) is 92.9 Å². The number of fused-ring (bicyclic) bond motifs is 2. The van der Waals surface area contributed by atoms with Crippen LogP contribution in [0.5, 0.6) is 17.2 Å². The maximum absolute atomic E-state index is 13.8. The highest BCUT2D eigenvalue weighted by molar-refractivity contribution is 5.88. The van der Waals surface area contributed by atoms with E-state index < -0.39 is 11.0 Å². The summed E-state index contributed by atoms with van der Waals surface area (Å²) in [5.41, 5.74) is 0.805. The van der Waals surface area contributed by atoms with Gasteiger partial charge in [0.05, 0.1) is 33.3 Å². The van der Waals surface area contributed by atoms with E-state index in [9.17, 15) is 9.59 Å². The first kappa shape index (κ1) is 22.2. The molecule has 5 aromatic rings. The lowest BCUT2D eigenvalue weighted by atomic mass is 10.1. The van der Waals surface area contributed by atoms with Crippen LogP contribution in [0.4, 0.5) is 0 Å². The first-order valence-corrected chi connectivity index (χ1v) is 10.9. The van der Waals surface area contributed by atoms with E-state index in [1.54, 1.807) is 36.4 Å². The van der Waals surface area contributed by atoms with Gasteiger partial charge in [-0.2, -0.15) is 4.98 Å². The zero-order valence-corrected chi connectivity index (χ0v) is 19.4. The van der Waals surface area contributed by atoms with Gasteiger partial charge in [-0.15, -0.1) is 0 Å². The second-order valence-corrected chi connectivity index (χ2v) is 7.83. The van der Waals surface area contributed by atoms with Crippen LogP contribution in [0.2, 0.25) is 0 Å². The fourth-order valence-corrected chi connectivity index (χ4v) is 4.13. The SMILES string of the molecule is COc1cc(-c2nc3oc4ccccc4c(=O)c3c(=O)n2Cc2ccccc2)cc(OC)c1OC. The molecule has 0 saturated heterocycles. The van der Waals surface area contributed by atoms with E-state index in [4.69, 9.17) is 18.6 Å². The Hall–Kier alpha value is -4.59. The topological polar surface area (TPSA) is 92.8 Å². The van der Waals surface area contributed by atoms with Crippen molar-refractivity contribution in [3.8, 4) is 28.6 Å². The zero-order valence-electron chi connectivity index (χ0n) is 19.4. The van der Waals surface area contributed by atoms with Crippen LogP contribution in [-0.2, 0) is 6.54 Å². The lowest BCUT2D eigenvalue weighted by Crippen LogP contribution is -2.28. The van der Waals surface area contributed by atoms with E-state index in [0.29, 0.717) is 39.6 Å². The second-order valence-electron chi connectivity index (χ2n) is 7.83. The molecule has 5 rings (SSSR count). The van der Waals surface area contributed by atoms with Gasteiger partial charge in [-0.25, -0.2) is 0 Å². The highest BCUT2D eigenvalue weighted by Gasteiger charge is 2.22. The maximum atomic E-state index is 13.8. The molecule has 0 N–H and O–H groups in total. The van der Waals surface area contributed by atoms with Gasteiger partial charge in [0.2, 0.25) is 16.9 Å². The van der Waals surface area contributed by atoms with Crippen molar-refractivity contribution in [2.45, 2.75) is 6.54 Å². The van der Waals surface area contributed by atoms with Gasteiger partial charge in [0.25, 0.3) is 5.56 Å². The highest BCUT2D eigenvalue weighted by atomic mass is 16.5. The second kappa shape index (κ2) is 8.98. The summed E-state index contributed by atoms with van der Waals surface area (Å²) < 4.78 is 23.8. The van der Waals surface area contributed by atoms with Crippen molar-refractivity contribution in [1.82, 2.24) is 9.55 Å². The third kappa shape index (κ3) is 3.78. The van der Waals surface area contributed by atoms with Gasteiger partial charge < -0.3 is 18.6 Å². The molecule has 0 aliphatic carbocycles. The lowest BCUT2D eigenvalue weighted by Gasteiger charge is -2.17. The fraction of sp³-hybridized carbons (Fsp3) is 0.148. The molecule has 2 heterocycles. The number of hydrogen-bond donors (Lipinski definition) is 0. The highest BCUT2D eigenvalue weighted by Crippen LogP contribution is 2.41. The molecule has 0 spiro atoms. The summed E-state index contributed by atoms with van der Waals surface area (Å²) in [6.07, 6.45) is 0. The van der Waals surface area contributed by atoms with Gasteiger partial charge in [0.15, 0.2) is 16.9 Å². The Morgan fingerprint density at radius 3 is 2.17 bits per heavy atom. The fourth-order valence-electron chi connectivity index (χ4n) is 4.13. The number of nitrogens with zero attached hydrogens (tertiary/aromatic N) is 2. The van der Waals surface area contributed by atoms with Crippen LogP contribution in [0.3, 0.4) is 0 Å². The minimum Gasteiger partial charge on any atom is -0.493 e. The molecule has 0 radical (unpaired) electrons. The monoisotopic (exact) mass is 470 g/mol. The molecule has 0 bridgehead atoms. The van der Waals surface area contributed by atoms with Crippen molar-refractivity contribution < 1.29 is 18.6 Å². The number of benzene rings is 3. The van der Waals surface area contributed by atoms with E-state index in [1.165, 1.54) is 25.9 Å².